The number of carbonyl (C=O) groups is 1. The highest BCUT2D eigenvalue weighted by molar-refractivity contribution is 6.06. The van der Waals surface area contributed by atoms with Crippen LogP contribution in [0.25, 0.3) is 11.0 Å². The van der Waals surface area contributed by atoms with Crippen LogP contribution in [0.1, 0.15) is 42.5 Å². The Kier molecular flexibility index (Phi) is 4.10. The van der Waals surface area contributed by atoms with Crippen LogP contribution in [0.5, 0.6) is 0 Å². The molecule has 0 unspecified atom stereocenters. The van der Waals surface area contributed by atoms with Gasteiger partial charge in [0.2, 0.25) is 0 Å². The van der Waals surface area contributed by atoms with Crippen LogP contribution in [0.4, 0.5) is 0 Å². The zero-order valence-corrected chi connectivity index (χ0v) is 14.5. The molecule has 1 fully saturated rings. The number of morpholine rings is 1. The lowest BCUT2D eigenvalue weighted by atomic mass is 10.1. The van der Waals surface area contributed by atoms with Gasteiger partial charge in [-0.15, -0.1) is 0 Å². The Balaban J connectivity index is 2.08. The van der Waals surface area contributed by atoms with Crippen LogP contribution in [0, 0.1) is 13.8 Å². The van der Waals surface area contributed by atoms with Crippen LogP contribution < -0.4 is 0 Å². The van der Waals surface area contributed by atoms with Crippen molar-refractivity contribution in [3.8, 4) is 0 Å². The van der Waals surface area contributed by atoms with E-state index in [0.717, 1.165) is 29.0 Å². The van der Waals surface area contributed by atoms with Gasteiger partial charge in [0.05, 0.1) is 28.9 Å². The number of carbonyl (C=O) groups excluding carboxylic acids is 1. The van der Waals surface area contributed by atoms with Crippen molar-refractivity contribution in [2.24, 2.45) is 0 Å². The van der Waals surface area contributed by atoms with E-state index in [-0.39, 0.29) is 18.1 Å². The molecule has 2 aromatic heterocycles. The molecule has 0 radical (unpaired) electrons. The zero-order valence-electron chi connectivity index (χ0n) is 14.5. The summed E-state index contributed by atoms with van der Waals surface area (Å²) in [5.74, 6) is 0.0428. The second-order valence-corrected chi connectivity index (χ2v) is 6.38. The molecule has 2 atom stereocenters. The van der Waals surface area contributed by atoms with Crippen LogP contribution in [0.15, 0.2) is 6.07 Å². The minimum atomic E-state index is 0.0428. The zero-order chi connectivity index (χ0) is 16.7. The van der Waals surface area contributed by atoms with Gasteiger partial charge in [-0.2, -0.15) is 5.10 Å². The molecular formula is C17H24N4O2. The maximum absolute atomic E-state index is 13.1. The number of fused-ring (bicyclic) bond motifs is 1. The smallest absolute Gasteiger partial charge is 0.254 e. The fourth-order valence-electron chi connectivity index (χ4n) is 3.38. The Morgan fingerprint density at radius 1 is 1.30 bits per heavy atom. The molecule has 2 aromatic rings. The van der Waals surface area contributed by atoms with Gasteiger partial charge >= 0.3 is 0 Å². The standard InChI is InChI=1S/C17H24N4O2/c1-6-21-16-15(13(5)19-21)14(7-10(2)18-16)17(22)20-8-11(3)23-12(4)9-20/h7,11-12H,6,8-9H2,1-5H3/t11-,12-/m0/s1. The molecule has 0 N–H and O–H groups in total. The predicted octanol–water partition coefficient (Wildman–Crippen LogP) is 2.32. The Labute approximate surface area is 136 Å². The molecular weight excluding hydrogens is 292 g/mol. The van der Waals surface area contributed by atoms with Gasteiger partial charge in [0.25, 0.3) is 5.91 Å². The highest BCUT2D eigenvalue weighted by atomic mass is 16.5. The summed E-state index contributed by atoms with van der Waals surface area (Å²) in [5, 5.41) is 5.40. The summed E-state index contributed by atoms with van der Waals surface area (Å²) in [7, 11) is 0. The van der Waals surface area contributed by atoms with Gasteiger partial charge < -0.3 is 9.64 Å². The molecule has 1 aliphatic rings. The molecule has 1 saturated heterocycles. The predicted molar refractivity (Wildman–Crippen MR) is 88.6 cm³/mol. The van der Waals surface area contributed by atoms with Gasteiger partial charge in [0.15, 0.2) is 5.65 Å². The Morgan fingerprint density at radius 2 is 1.96 bits per heavy atom. The molecule has 0 spiro atoms. The van der Waals surface area contributed by atoms with Crippen molar-refractivity contribution < 1.29 is 9.53 Å². The SMILES string of the molecule is CCn1nc(C)c2c(C(=O)N3C[C@H](C)O[C@@H](C)C3)cc(C)nc21. The number of pyridine rings is 1. The van der Waals surface area contributed by atoms with E-state index < -0.39 is 0 Å². The van der Waals surface area contributed by atoms with Gasteiger partial charge in [-0.3, -0.25) is 4.79 Å². The Hall–Kier alpha value is -1.95. The summed E-state index contributed by atoms with van der Waals surface area (Å²) in [4.78, 5) is 19.6. The maximum atomic E-state index is 13.1. The average molecular weight is 316 g/mol. The van der Waals surface area contributed by atoms with E-state index in [1.165, 1.54) is 0 Å². The maximum Gasteiger partial charge on any atom is 0.254 e. The van der Waals surface area contributed by atoms with Crippen LogP contribution in [-0.2, 0) is 11.3 Å². The van der Waals surface area contributed by atoms with Gasteiger partial charge in [-0.25, -0.2) is 9.67 Å². The van der Waals surface area contributed by atoms with Crippen LogP contribution in [-0.4, -0.2) is 50.9 Å². The molecule has 6 heteroatoms. The van der Waals surface area contributed by atoms with Crippen molar-refractivity contribution in [3.05, 3.63) is 23.0 Å². The molecule has 0 aliphatic carbocycles. The van der Waals surface area contributed by atoms with Gasteiger partial charge in [0.1, 0.15) is 0 Å². The monoisotopic (exact) mass is 316 g/mol. The number of amides is 1. The van der Waals surface area contributed by atoms with E-state index in [2.05, 4.69) is 10.1 Å². The number of hydrogen-bond donors (Lipinski definition) is 0. The summed E-state index contributed by atoms with van der Waals surface area (Å²) in [6.45, 7) is 11.9. The van der Waals surface area contributed by atoms with Gasteiger partial charge in [-0.05, 0) is 40.7 Å². The fourth-order valence-corrected chi connectivity index (χ4v) is 3.38. The van der Waals surface area contributed by atoms with Crippen molar-refractivity contribution in [1.29, 1.82) is 0 Å². The van der Waals surface area contributed by atoms with Gasteiger partial charge in [-0.1, -0.05) is 0 Å². The molecule has 1 amide bonds. The fraction of sp³-hybridized carbons (Fsp3) is 0.588. The topological polar surface area (TPSA) is 60.2 Å². The molecule has 0 aromatic carbocycles. The van der Waals surface area contributed by atoms with Crippen LogP contribution >= 0.6 is 0 Å². The third-order valence-electron chi connectivity index (χ3n) is 4.24. The molecule has 3 rings (SSSR count). The number of nitrogens with zero attached hydrogens (tertiary/aromatic N) is 4. The Bertz CT molecular complexity index is 743. The van der Waals surface area contributed by atoms with Crippen molar-refractivity contribution in [2.75, 3.05) is 13.1 Å². The van der Waals surface area contributed by atoms with E-state index in [1.807, 2.05) is 50.3 Å². The molecule has 3 heterocycles. The van der Waals surface area contributed by atoms with Gasteiger partial charge in [0, 0.05) is 25.3 Å². The Morgan fingerprint density at radius 3 is 2.57 bits per heavy atom. The molecule has 0 bridgehead atoms. The lowest BCUT2D eigenvalue weighted by molar-refractivity contribution is -0.0585. The lowest BCUT2D eigenvalue weighted by Gasteiger charge is -2.35. The largest absolute Gasteiger partial charge is 0.372 e. The summed E-state index contributed by atoms with van der Waals surface area (Å²) in [6.07, 6.45) is 0.112. The van der Waals surface area contributed by atoms with Crippen molar-refractivity contribution in [2.45, 2.75) is 53.4 Å². The summed E-state index contributed by atoms with van der Waals surface area (Å²) in [6, 6.07) is 1.88. The minimum Gasteiger partial charge on any atom is -0.372 e. The van der Waals surface area contributed by atoms with Crippen molar-refractivity contribution >= 4 is 16.9 Å². The first kappa shape index (κ1) is 15.9. The first-order valence-electron chi connectivity index (χ1n) is 8.20. The number of ether oxygens (including phenoxy) is 1. The highest BCUT2D eigenvalue weighted by Crippen LogP contribution is 2.25. The summed E-state index contributed by atoms with van der Waals surface area (Å²) < 4.78 is 7.60. The second-order valence-electron chi connectivity index (χ2n) is 6.38. The second kappa shape index (κ2) is 5.92. The third kappa shape index (κ3) is 2.83. The lowest BCUT2D eigenvalue weighted by Crippen LogP contribution is -2.48. The quantitative estimate of drug-likeness (QED) is 0.853. The number of hydrogen-bond acceptors (Lipinski definition) is 4. The normalized spacial score (nSPS) is 21.9. The van der Waals surface area contributed by atoms with Crippen LogP contribution in [0.3, 0.4) is 0 Å². The minimum absolute atomic E-state index is 0.0428. The van der Waals surface area contributed by atoms with E-state index in [9.17, 15) is 4.79 Å². The summed E-state index contributed by atoms with van der Waals surface area (Å²) >= 11 is 0. The van der Waals surface area contributed by atoms with Crippen molar-refractivity contribution in [3.63, 3.8) is 0 Å². The van der Waals surface area contributed by atoms with E-state index in [4.69, 9.17) is 4.74 Å². The molecule has 23 heavy (non-hydrogen) atoms. The number of aryl methyl sites for hydroxylation is 3. The average Bonchev–Trinajstić information content (AvgIpc) is 2.81. The number of aromatic nitrogens is 3. The van der Waals surface area contributed by atoms with E-state index in [1.54, 1.807) is 0 Å². The summed E-state index contributed by atoms with van der Waals surface area (Å²) in [5.41, 5.74) is 3.19. The first-order valence-corrected chi connectivity index (χ1v) is 8.20. The molecule has 6 nitrogen and oxygen atoms in total. The third-order valence-corrected chi connectivity index (χ3v) is 4.24. The highest BCUT2D eigenvalue weighted by Gasteiger charge is 2.29. The van der Waals surface area contributed by atoms with Crippen molar-refractivity contribution in [1.82, 2.24) is 19.7 Å². The first-order chi connectivity index (χ1) is 10.9. The molecule has 124 valence electrons. The van der Waals surface area contributed by atoms with E-state index >= 15 is 0 Å². The van der Waals surface area contributed by atoms with Crippen LogP contribution in [0.2, 0.25) is 0 Å². The molecule has 1 aliphatic heterocycles. The number of rotatable bonds is 2. The molecule has 0 saturated carbocycles. The van der Waals surface area contributed by atoms with E-state index in [0.29, 0.717) is 18.7 Å².